The van der Waals surface area contributed by atoms with Crippen LogP contribution in [0.2, 0.25) is 0 Å². The van der Waals surface area contributed by atoms with E-state index in [0.717, 1.165) is 47.1 Å². The van der Waals surface area contributed by atoms with Crippen LogP contribution in [0.1, 0.15) is 49.4 Å². The molecule has 0 spiro atoms. The number of aromatic amines is 1. The van der Waals surface area contributed by atoms with Gasteiger partial charge < -0.3 is 19.4 Å². The summed E-state index contributed by atoms with van der Waals surface area (Å²) < 4.78 is 51.1. The summed E-state index contributed by atoms with van der Waals surface area (Å²) in [5.74, 6) is -0.651. The Hall–Kier alpha value is -3.82. The number of aliphatic carboxylic acids is 1. The summed E-state index contributed by atoms with van der Waals surface area (Å²) in [6, 6.07) is 8.87. The van der Waals surface area contributed by atoms with E-state index in [1.54, 1.807) is 19.9 Å². The molecule has 0 bridgehead atoms. The number of halogens is 3. The van der Waals surface area contributed by atoms with Crippen LogP contribution < -0.4 is 4.74 Å². The van der Waals surface area contributed by atoms with Crippen LogP contribution in [-0.4, -0.2) is 32.3 Å². The standard InChI is InChI=1S/C25H22F3N3O4/c1-12(2)34-17-8-15(7-16(11-17)25(26,27)28)24-30-23(31-35-24)14-4-6-20-19(9-14)18-5-3-13(10-21(32)33)22(18)29-20/h4,6-9,11-13,29H,3,5,10H2,1-2H3,(H,32,33). The number of nitrogens with zero attached hydrogens (tertiary/aromatic N) is 2. The lowest BCUT2D eigenvalue weighted by atomic mass is 10.0. The third-order valence-electron chi connectivity index (χ3n) is 6.05. The van der Waals surface area contributed by atoms with Crippen molar-refractivity contribution in [2.75, 3.05) is 0 Å². The van der Waals surface area contributed by atoms with Gasteiger partial charge in [-0.3, -0.25) is 4.79 Å². The van der Waals surface area contributed by atoms with Gasteiger partial charge in [0.05, 0.1) is 18.1 Å². The number of carboxylic acid groups (broad SMARTS) is 1. The summed E-state index contributed by atoms with van der Waals surface area (Å²) in [6.45, 7) is 3.45. The topological polar surface area (TPSA) is 101 Å². The molecule has 2 aromatic carbocycles. The molecule has 0 fully saturated rings. The Bertz CT molecular complexity index is 1420. The number of ether oxygens (including phenoxy) is 1. The quantitative estimate of drug-likeness (QED) is 0.337. The van der Waals surface area contributed by atoms with Gasteiger partial charge in [-0.05, 0) is 68.7 Å². The minimum Gasteiger partial charge on any atom is -0.491 e. The highest BCUT2D eigenvalue weighted by Gasteiger charge is 2.32. The molecule has 1 aliphatic rings. The summed E-state index contributed by atoms with van der Waals surface area (Å²) >= 11 is 0. The molecule has 0 saturated heterocycles. The lowest BCUT2D eigenvalue weighted by molar-refractivity contribution is -0.138. The number of nitrogens with one attached hydrogen (secondary N) is 1. The summed E-state index contributed by atoms with van der Waals surface area (Å²) in [5, 5.41) is 14.1. The van der Waals surface area contributed by atoms with Crippen molar-refractivity contribution in [3.05, 3.63) is 53.2 Å². The fraction of sp³-hybridized carbons (Fsp3) is 0.320. The lowest BCUT2D eigenvalue weighted by Gasteiger charge is -2.14. The van der Waals surface area contributed by atoms with E-state index in [4.69, 9.17) is 9.26 Å². The van der Waals surface area contributed by atoms with Gasteiger partial charge in [-0.2, -0.15) is 18.2 Å². The van der Waals surface area contributed by atoms with Crippen molar-refractivity contribution in [3.8, 4) is 28.6 Å². The van der Waals surface area contributed by atoms with E-state index in [-0.39, 0.29) is 41.5 Å². The number of carboxylic acids is 1. The van der Waals surface area contributed by atoms with E-state index >= 15 is 0 Å². The van der Waals surface area contributed by atoms with Crippen molar-refractivity contribution in [1.29, 1.82) is 0 Å². The van der Waals surface area contributed by atoms with E-state index in [1.165, 1.54) is 6.07 Å². The fourth-order valence-electron chi connectivity index (χ4n) is 4.59. The largest absolute Gasteiger partial charge is 0.491 e. The van der Waals surface area contributed by atoms with Crippen LogP contribution in [0.4, 0.5) is 13.2 Å². The van der Waals surface area contributed by atoms with Gasteiger partial charge in [0, 0.05) is 33.6 Å². The van der Waals surface area contributed by atoms with Gasteiger partial charge in [-0.15, -0.1) is 0 Å². The van der Waals surface area contributed by atoms with Crippen molar-refractivity contribution in [2.24, 2.45) is 0 Å². The highest BCUT2D eigenvalue weighted by molar-refractivity contribution is 5.89. The molecule has 1 unspecified atom stereocenters. The molecular weight excluding hydrogens is 463 g/mol. The zero-order valence-electron chi connectivity index (χ0n) is 18.9. The minimum atomic E-state index is -4.56. The zero-order valence-corrected chi connectivity index (χ0v) is 18.9. The Balaban J connectivity index is 1.50. The van der Waals surface area contributed by atoms with Crippen LogP contribution in [0.25, 0.3) is 33.7 Å². The smallest absolute Gasteiger partial charge is 0.416 e. The van der Waals surface area contributed by atoms with Crippen molar-refractivity contribution >= 4 is 16.9 Å². The third kappa shape index (κ3) is 4.48. The maximum Gasteiger partial charge on any atom is 0.416 e. The number of rotatable bonds is 6. The zero-order chi connectivity index (χ0) is 24.9. The number of aryl methyl sites for hydroxylation is 1. The van der Waals surface area contributed by atoms with Crippen molar-refractivity contribution in [2.45, 2.75) is 51.3 Å². The Labute approximate surface area is 197 Å². The molecule has 2 N–H and O–H groups in total. The van der Waals surface area contributed by atoms with Crippen LogP contribution in [0.3, 0.4) is 0 Å². The minimum absolute atomic E-state index is 0.0550. The number of fused-ring (bicyclic) bond motifs is 3. The second kappa shape index (κ2) is 8.44. The maximum atomic E-state index is 13.4. The number of hydrogen-bond donors (Lipinski definition) is 2. The molecule has 0 radical (unpaired) electrons. The number of H-pyrrole nitrogens is 1. The summed E-state index contributed by atoms with van der Waals surface area (Å²) in [4.78, 5) is 18.9. The molecule has 10 heteroatoms. The number of aromatic nitrogens is 3. The van der Waals surface area contributed by atoms with Crippen LogP contribution in [0.15, 0.2) is 40.9 Å². The van der Waals surface area contributed by atoms with E-state index in [2.05, 4.69) is 15.1 Å². The van der Waals surface area contributed by atoms with Crippen molar-refractivity contribution < 1.29 is 32.3 Å². The van der Waals surface area contributed by atoms with Crippen LogP contribution in [0, 0.1) is 0 Å². The SMILES string of the molecule is CC(C)Oc1cc(-c2nc(-c3ccc4[nH]c5c(c4c3)CCC5CC(=O)O)no2)cc(C(F)(F)F)c1. The lowest BCUT2D eigenvalue weighted by Crippen LogP contribution is -2.09. The number of alkyl halides is 3. The molecule has 4 aromatic rings. The average Bonchev–Trinajstić information content (AvgIpc) is 3.48. The molecule has 0 aliphatic heterocycles. The Morgan fingerprint density at radius 2 is 2.03 bits per heavy atom. The Morgan fingerprint density at radius 1 is 1.23 bits per heavy atom. The van der Waals surface area contributed by atoms with Gasteiger partial charge in [-0.25, -0.2) is 0 Å². The summed E-state index contributed by atoms with van der Waals surface area (Å²) in [6.07, 6.45) is -3.28. The normalized spacial score (nSPS) is 15.7. The maximum absolute atomic E-state index is 13.4. The van der Waals surface area contributed by atoms with Crippen LogP contribution in [0.5, 0.6) is 5.75 Å². The van der Waals surface area contributed by atoms with E-state index in [9.17, 15) is 23.1 Å². The third-order valence-corrected chi connectivity index (χ3v) is 6.05. The summed E-state index contributed by atoms with van der Waals surface area (Å²) in [7, 11) is 0. The van der Waals surface area contributed by atoms with E-state index in [0.29, 0.717) is 5.56 Å². The van der Waals surface area contributed by atoms with E-state index in [1.807, 2.05) is 12.1 Å². The average molecular weight is 485 g/mol. The molecule has 35 heavy (non-hydrogen) atoms. The second-order valence-electron chi connectivity index (χ2n) is 8.94. The van der Waals surface area contributed by atoms with Gasteiger partial charge in [0.15, 0.2) is 0 Å². The second-order valence-corrected chi connectivity index (χ2v) is 8.94. The molecule has 5 rings (SSSR count). The van der Waals surface area contributed by atoms with Crippen LogP contribution in [-0.2, 0) is 17.4 Å². The van der Waals surface area contributed by atoms with Gasteiger partial charge in [0.2, 0.25) is 5.82 Å². The fourth-order valence-corrected chi connectivity index (χ4v) is 4.59. The van der Waals surface area contributed by atoms with Crippen LogP contribution >= 0.6 is 0 Å². The van der Waals surface area contributed by atoms with Crippen molar-refractivity contribution in [3.63, 3.8) is 0 Å². The molecule has 2 aromatic heterocycles. The molecule has 2 heterocycles. The highest BCUT2D eigenvalue weighted by Crippen LogP contribution is 2.41. The predicted molar refractivity (Wildman–Crippen MR) is 121 cm³/mol. The number of carbonyl (C=O) groups is 1. The van der Waals surface area contributed by atoms with Gasteiger partial charge >= 0.3 is 12.1 Å². The Morgan fingerprint density at radius 3 is 2.74 bits per heavy atom. The molecular formula is C25H22F3N3O4. The monoisotopic (exact) mass is 485 g/mol. The molecule has 0 amide bonds. The molecule has 0 saturated carbocycles. The van der Waals surface area contributed by atoms with Crippen molar-refractivity contribution in [1.82, 2.24) is 15.1 Å². The number of benzene rings is 2. The molecule has 1 atom stereocenters. The first kappa shape index (κ1) is 22.9. The van der Waals surface area contributed by atoms with Gasteiger partial charge in [-0.1, -0.05) is 5.16 Å². The number of hydrogen-bond acceptors (Lipinski definition) is 5. The first-order chi connectivity index (χ1) is 16.6. The first-order valence-corrected chi connectivity index (χ1v) is 11.2. The molecule has 182 valence electrons. The van der Waals surface area contributed by atoms with E-state index < -0.39 is 17.7 Å². The summed E-state index contributed by atoms with van der Waals surface area (Å²) in [5.41, 5.74) is 2.77. The van der Waals surface area contributed by atoms with Gasteiger partial charge in [0.25, 0.3) is 5.89 Å². The molecule has 1 aliphatic carbocycles. The Kier molecular flexibility index (Phi) is 5.53. The highest BCUT2D eigenvalue weighted by atomic mass is 19.4. The predicted octanol–water partition coefficient (Wildman–Crippen LogP) is 6.20. The van der Waals surface area contributed by atoms with Gasteiger partial charge in [0.1, 0.15) is 5.75 Å². The molecule has 7 nitrogen and oxygen atoms in total. The first-order valence-electron chi connectivity index (χ1n) is 11.2.